The summed E-state index contributed by atoms with van der Waals surface area (Å²) in [6.45, 7) is 2.18. The number of carbonyl (C=O) groups is 2. The fraction of sp³-hybridized carbons (Fsp3) is 0.471. The summed E-state index contributed by atoms with van der Waals surface area (Å²) in [5.41, 5.74) is 0.709. The van der Waals surface area contributed by atoms with Crippen LogP contribution in [0.2, 0.25) is 0 Å². The molecule has 0 amide bonds. The number of rotatable bonds is 10. The second-order valence-corrected chi connectivity index (χ2v) is 4.96. The summed E-state index contributed by atoms with van der Waals surface area (Å²) in [6.07, 6.45) is 8.04. The second-order valence-electron chi connectivity index (χ2n) is 4.96. The van der Waals surface area contributed by atoms with E-state index >= 15 is 0 Å². The van der Waals surface area contributed by atoms with Gasteiger partial charge in [-0.1, -0.05) is 62.4 Å². The van der Waals surface area contributed by atoms with Gasteiger partial charge in [0.1, 0.15) is 5.71 Å². The highest BCUT2D eigenvalue weighted by Gasteiger charge is 2.07. The molecule has 0 saturated heterocycles. The highest BCUT2D eigenvalue weighted by atomic mass is 16.7. The van der Waals surface area contributed by atoms with E-state index in [0.29, 0.717) is 18.3 Å². The van der Waals surface area contributed by atoms with Crippen LogP contribution < -0.4 is 0 Å². The first-order chi connectivity index (χ1) is 10.3. The van der Waals surface area contributed by atoms with Crippen molar-refractivity contribution in [3.63, 3.8) is 0 Å². The summed E-state index contributed by atoms with van der Waals surface area (Å²) in [5.74, 6) is -0.544. The molecular weight excluding hydrogens is 266 g/mol. The zero-order valence-corrected chi connectivity index (χ0v) is 12.6. The average Bonchev–Trinajstić information content (AvgIpc) is 2.54. The number of hydrogen-bond donors (Lipinski definition) is 0. The van der Waals surface area contributed by atoms with Crippen LogP contribution in [0, 0.1) is 0 Å². The summed E-state index contributed by atoms with van der Waals surface area (Å²) in [6, 6.07) is 8.60. The van der Waals surface area contributed by atoms with E-state index in [4.69, 9.17) is 4.84 Å². The SMILES string of the molecule is CCCCCCCCC(C=O)=NOC(=O)c1ccccc1. The van der Waals surface area contributed by atoms with Crippen molar-refractivity contribution in [3.05, 3.63) is 35.9 Å². The molecule has 0 unspecified atom stereocenters. The van der Waals surface area contributed by atoms with Crippen LogP contribution >= 0.6 is 0 Å². The van der Waals surface area contributed by atoms with E-state index in [1.54, 1.807) is 24.3 Å². The molecule has 4 nitrogen and oxygen atoms in total. The molecule has 0 aromatic heterocycles. The van der Waals surface area contributed by atoms with E-state index < -0.39 is 5.97 Å². The van der Waals surface area contributed by atoms with Crippen molar-refractivity contribution in [3.8, 4) is 0 Å². The molecule has 1 rings (SSSR count). The lowest BCUT2D eigenvalue weighted by Crippen LogP contribution is -2.06. The Morgan fingerprint density at radius 3 is 2.43 bits per heavy atom. The Labute approximate surface area is 126 Å². The van der Waals surface area contributed by atoms with E-state index in [1.807, 2.05) is 6.07 Å². The zero-order chi connectivity index (χ0) is 15.3. The monoisotopic (exact) mass is 289 g/mol. The largest absolute Gasteiger partial charge is 0.365 e. The van der Waals surface area contributed by atoms with Crippen molar-refractivity contribution < 1.29 is 14.4 Å². The van der Waals surface area contributed by atoms with Gasteiger partial charge in [-0.3, -0.25) is 4.79 Å². The van der Waals surface area contributed by atoms with Gasteiger partial charge < -0.3 is 4.84 Å². The minimum Gasteiger partial charge on any atom is -0.312 e. The van der Waals surface area contributed by atoms with Crippen molar-refractivity contribution in [2.45, 2.75) is 51.9 Å². The molecule has 0 fully saturated rings. The number of aldehydes is 1. The average molecular weight is 289 g/mol. The van der Waals surface area contributed by atoms with E-state index in [9.17, 15) is 9.59 Å². The molecule has 0 aliphatic carbocycles. The second kappa shape index (κ2) is 10.8. The van der Waals surface area contributed by atoms with Gasteiger partial charge in [-0.05, 0) is 25.0 Å². The lowest BCUT2D eigenvalue weighted by Gasteiger charge is -2.01. The number of carbonyl (C=O) groups excluding carboxylic acids is 2. The van der Waals surface area contributed by atoms with Crippen molar-refractivity contribution >= 4 is 18.0 Å². The minimum absolute atomic E-state index is 0.287. The van der Waals surface area contributed by atoms with E-state index in [2.05, 4.69) is 12.1 Å². The highest BCUT2D eigenvalue weighted by Crippen LogP contribution is 2.08. The molecule has 1 aromatic carbocycles. The third kappa shape index (κ3) is 7.40. The van der Waals surface area contributed by atoms with E-state index in [-0.39, 0.29) is 5.71 Å². The first-order valence-corrected chi connectivity index (χ1v) is 7.56. The van der Waals surface area contributed by atoms with Gasteiger partial charge in [0.2, 0.25) is 0 Å². The molecular formula is C17H23NO3. The van der Waals surface area contributed by atoms with Crippen LogP contribution in [0.1, 0.15) is 62.2 Å². The maximum Gasteiger partial charge on any atom is 0.365 e. The van der Waals surface area contributed by atoms with Gasteiger partial charge in [-0.2, -0.15) is 0 Å². The van der Waals surface area contributed by atoms with Crippen LogP contribution in [0.15, 0.2) is 35.5 Å². The minimum atomic E-state index is -0.544. The standard InChI is InChI=1S/C17H23NO3/c1-2-3-4-5-6-10-13-16(14-19)18-21-17(20)15-11-8-7-9-12-15/h7-9,11-12,14H,2-6,10,13H2,1H3. The van der Waals surface area contributed by atoms with Crippen LogP contribution in [-0.2, 0) is 9.63 Å². The summed E-state index contributed by atoms with van der Waals surface area (Å²) in [4.78, 5) is 27.4. The first-order valence-electron chi connectivity index (χ1n) is 7.56. The van der Waals surface area contributed by atoms with E-state index in [1.165, 1.54) is 25.7 Å². The maximum absolute atomic E-state index is 11.7. The number of nitrogens with zero attached hydrogens (tertiary/aromatic N) is 1. The maximum atomic E-state index is 11.7. The molecule has 0 N–H and O–H groups in total. The number of unbranched alkanes of at least 4 members (excludes halogenated alkanes) is 5. The van der Waals surface area contributed by atoms with Crippen molar-refractivity contribution in [2.75, 3.05) is 0 Å². The lowest BCUT2D eigenvalue weighted by molar-refractivity contribution is -0.102. The fourth-order valence-electron chi connectivity index (χ4n) is 1.94. The molecule has 0 atom stereocenters. The molecule has 0 spiro atoms. The Morgan fingerprint density at radius 1 is 1.10 bits per heavy atom. The van der Waals surface area contributed by atoms with Gasteiger partial charge in [0, 0.05) is 0 Å². The summed E-state index contributed by atoms with van der Waals surface area (Å²) < 4.78 is 0. The quantitative estimate of drug-likeness (QED) is 0.214. The van der Waals surface area contributed by atoms with E-state index in [0.717, 1.165) is 12.8 Å². The molecule has 0 aliphatic rings. The molecule has 0 heterocycles. The summed E-state index contributed by atoms with van der Waals surface area (Å²) >= 11 is 0. The van der Waals surface area contributed by atoms with Crippen molar-refractivity contribution in [2.24, 2.45) is 5.16 Å². The Bertz CT molecular complexity index is 454. The molecule has 0 saturated carbocycles. The van der Waals surface area contributed by atoms with Gasteiger partial charge in [0.15, 0.2) is 6.29 Å². The Morgan fingerprint density at radius 2 is 1.76 bits per heavy atom. The van der Waals surface area contributed by atoms with Gasteiger partial charge in [-0.15, -0.1) is 0 Å². The zero-order valence-electron chi connectivity index (χ0n) is 12.6. The Balaban J connectivity index is 2.31. The van der Waals surface area contributed by atoms with Gasteiger partial charge in [-0.25, -0.2) is 4.79 Å². The Hall–Kier alpha value is -1.97. The van der Waals surface area contributed by atoms with Crippen LogP contribution in [0.25, 0.3) is 0 Å². The molecule has 0 bridgehead atoms. The molecule has 21 heavy (non-hydrogen) atoms. The fourth-order valence-corrected chi connectivity index (χ4v) is 1.94. The third-order valence-electron chi connectivity index (χ3n) is 3.18. The van der Waals surface area contributed by atoms with Crippen LogP contribution in [0.4, 0.5) is 0 Å². The molecule has 0 aliphatic heterocycles. The predicted octanol–water partition coefficient (Wildman–Crippen LogP) is 4.15. The number of hydrogen-bond acceptors (Lipinski definition) is 4. The normalized spacial score (nSPS) is 11.2. The third-order valence-corrected chi connectivity index (χ3v) is 3.18. The number of oxime groups is 1. The highest BCUT2D eigenvalue weighted by molar-refractivity contribution is 6.28. The molecule has 114 valence electrons. The molecule has 4 heteroatoms. The molecule has 0 radical (unpaired) electrons. The molecule has 1 aromatic rings. The number of benzene rings is 1. The smallest absolute Gasteiger partial charge is 0.312 e. The predicted molar refractivity (Wildman–Crippen MR) is 83.3 cm³/mol. The lowest BCUT2D eigenvalue weighted by atomic mass is 10.1. The first kappa shape index (κ1) is 17.1. The van der Waals surface area contributed by atoms with Gasteiger partial charge in [0.05, 0.1) is 5.56 Å². The van der Waals surface area contributed by atoms with Crippen molar-refractivity contribution in [1.29, 1.82) is 0 Å². The van der Waals surface area contributed by atoms with Crippen LogP contribution in [0.5, 0.6) is 0 Å². The van der Waals surface area contributed by atoms with Crippen molar-refractivity contribution in [1.82, 2.24) is 0 Å². The summed E-state index contributed by atoms with van der Waals surface area (Å²) in [5, 5.41) is 3.65. The Kier molecular flexibility index (Phi) is 8.76. The topological polar surface area (TPSA) is 55.7 Å². The van der Waals surface area contributed by atoms with Gasteiger partial charge in [0.25, 0.3) is 0 Å². The summed E-state index contributed by atoms with van der Waals surface area (Å²) in [7, 11) is 0. The van der Waals surface area contributed by atoms with Crippen LogP contribution in [-0.4, -0.2) is 18.0 Å². The van der Waals surface area contributed by atoms with Gasteiger partial charge >= 0.3 is 5.97 Å². The van der Waals surface area contributed by atoms with Crippen LogP contribution in [0.3, 0.4) is 0 Å².